The molecule has 1 aromatic heterocycles. The fraction of sp³-hybridized carbons (Fsp3) is 0.385. The summed E-state index contributed by atoms with van der Waals surface area (Å²) in [5.41, 5.74) is 8.55. The van der Waals surface area contributed by atoms with E-state index in [9.17, 15) is 0 Å². The Hall–Kier alpha value is -0.990. The van der Waals surface area contributed by atoms with E-state index in [0.717, 1.165) is 36.2 Å². The highest BCUT2D eigenvalue weighted by molar-refractivity contribution is 6.32. The number of nitrogens with two attached hydrogens (primary N) is 1. The topological polar surface area (TPSA) is 41.8 Å². The van der Waals surface area contributed by atoms with Gasteiger partial charge in [-0.25, -0.2) is 0 Å². The van der Waals surface area contributed by atoms with E-state index in [2.05, 4.69) is 11.1 Å². The van der Waals surface area contributed by atoms with Crippen molar-refractivity contribution < 1.29 is 0 Å². The van der Waals surface area contributed by atoms with Crippen LogP contribution in [0.4, 0.5) is 0 Å². The molecule has 0 unspecified atom stereocenters. The summed E-state index contributed by atoms with van der Waals surface area (Å²) in [7, 11) is 0. The van der Waals surface area contributed by atoms with Gasteiger partial charge in [0.2, 0.25) is 0 Å². The van der Waals surface area contributed by atoms with Gasteiger partial charge in [0.1, 0.15) is 0 Å². The van der Waals surface area contributed by atoms with Crippen LogP contribution in [0, 0.1) is 0 Å². The molecule has 1 heterocycles. The SMILES string of the molecule is NC1(CCc2cc3[nH]ccc3cc2Cl)CC1. The summed E-state index contributed by atoms with van der Waals surface area (Å²) >= 11 is 6.25. The number of fused-ring (bicyclic) bond motifs is 1. The number of aryl methyl sites for hydroxylation is 1. The molecule has 3 heteroatoms. The van der Waals surface area contributed by atoms with Crippen molar-refractivity contribution in [2.75, 3.05) is 0 Å². The monoisotopic (exact) mass is 234 g/mol. The van der Waals surface area contributed by atoms with E-state index in [0.29, 0.717) is 0 Å². The number of benzene rings is 1. The van der Waals surface area contributed by atoms with Crippen LogP contribution in [0.15, 0.2) is 24.4 Å². The van der Waals surface area contributed by atoms with Crippen LogP contribution in [-0.4, -0.2) is 10.5 Å². The lowest BCUT2D eigenvalue weighted by molar-refractivity contribution is 0.609. The molecule has 0 bridgehead atoms. The highest BCUT2D eigenvalue weighted by Crippen LogP contribution is 2.37. The summed E-state index contributed by atoms with van der Waals surface area (Å²) in [6.07, 6.45) is 6.28. The molecule has 0 radical (unpaired) electrons. The van der Waals surface area contributed by atoms with Gasteiger partial charge in [0, 0.05) is 27.7 Å². The summed E-state index contributed by atoms with van der Waals surface area (Å²) in [6.45, 7) is 0. The van der Waals surface area contributed by atoms with E-state index in [1.54, 1.807) is 0 Å². The smallest absolute Gasteiger partial charge is 0.0457 e. The van der Waals surface area contributed by atoms with Gasteiger partial charge in [-0.05, 0) is 49.4 Å². The summed E-state index contributed by atoms with van der Waals surface area (Å²) < 4.78 is 0. The third kappa shape index (κ3) is 1.83. The normalized spacial score (nSPS) is 17.9. The Bertz CT molecular complexity index is 526. The number of aromatic nitrogens is 1. The molecule has 16 heavy (non-hydrogen) atoms. The maximum Gasteiger partial charge on any atom is 0.0457 e. The largest absolute Gasteiger partial charge is 0.361 e. The van der Waals surface area contributed by atoms with Crippen molar-refractivity contribution in [3.8, 4) is 0 Å². The molecule has 0 spiro atoms. The van der Waals surface area contributed by atoms with E-state index >= 15 is 0 Å². The molecule has 0 saturated heterocycles. The van der Waals surface area contributed by atoms with Gasteiger partial charge >= 0.3 is 0 Å². The summed E-state index contributed by atoms with van der Waals surface area (Å²) in [6, 6.07) is 6.21. The van der Waals surface area contributed by atoms with Gasteiger partial charge in [-0.2, -0.15) is 0 Å². The van der Waals surface area contributed by atoms with Crippen LogP contribution in [0.25, 0.3) is 10.9 Å². The maximum atomic E-state index is 6.25. The minimum absolute atomic E-state index is 0.105. The van der Waals surface area contributed by atoms with Crippen molar-refractivity contribution in [1.29, 1.82) is 0 Å². The van der Waals surface area contributed by atoms with Gasteiger partial charge in [0.15, 0.2) is 0 Å². The van der Waals surface area contributed by atoms with Gasteiger partial charge in [0.25, 0.3) is 0 Å². The van der Waals surface area contributed by atoms with E-state index in [4.69, 9.17) is 17.3 Å². The highest BCUT2D eigenvalue weighted by atomic mass is 35.5. The molecule has 0 amide bonds. The molecule has 1 saturated carbocycles. The zero-order chi connectivity index (χ0) is 11.2. The van der Waals surface area contributed by atoms with Crippen molar-refractivity contribution in [3.05, 3.63) is 35.0 Å². The first-order valence-electron chi connectivity index (χ1n) is 5.71. The first-order chi connectivity index (χ1) is 7.66. The van der Waals surface area contributed by atoms with E-state index < -0.39 is 0 Å². The van der Waals surface area contributed by atoms with E-state index in [1.165, 1.54) is 10.9 Å². The van der Waals surface area contributed by atoms with Gasteiger partial charge in [-0.1, -0.05) is 11.6 Å². The molecular weight excluding hydrogens is 220 g/mol. The predicted octanol–water partition coefficient (Wildman–Crippen LogP) is 3.25. The van der Waals surface area contributed by atoms with Gasteiger partial charge < -0.3 is 10.7 Å². The summed E-state index contributed by atoms with van der Waals surface area (Å²) in [4.78, 5) is 3.21. The van der Waals surface area contributed by atoms with Crippen molar-refractivity contribution in [1.82, 2.24) is 4.98 Å². The Morgan fingerprint density at radius 3 is 2.94 bits per heavy atom. The minimum Gasteiger partial charge on any atom is -0.361 e. The molecule has 84 valence electrons. The van der Waals surface area contributed by atoms with Crippen molar-refractivity contribution in [2.24, 2.45) is 5.73 Å². The zero-order valence-corrected chi connectivity index (χ0v) is 9.85. The molecule has 2 nitrogen and oxygen atoms in total. The van der Waals surface area contributed by atoms with E-state index in [1.807, 2.05) is 18.3 Å². The fourth-order valence-electron chi connectivity index (χ4n) is 2.10. The summed E-state index contributed by atoms with van der Waals surface area (Å²) in [5, 5.41) is 2.03. The molecule has 2 aromatic rings. The molecule has 0 aliphatic heterocycles. The van der Waals surface area contributed by atoms with Gasteiger partial charge in [-0.15, -0.1) is 0 Å². The first-order valence-corrected chi connectivity index (χ1v) is 6.09. The number of hydrogen-bond acceptors (Lipinski definition) is 1. The lowest BCUT2D eigenvalue weighted by Crippen LogP contribution is -2.22. The van der Waals surface area contributed by atoms with Gasteiger partial charge in [0.05, 0.1) is 0 Å². The molecule has 3 N–H and O–H groups in total. The fourth-order valence-corrected chi connectivity index (χ4v) is 2.37. The minimum atomic E-state index is 0.105. The lowest BCUT2D eigenvalue weighted by atomic mass is 10.0. The third-order valence-electron chi connectivity index (χ3n) is 3.50. The number of halogens is 1. The van der Waals surface area contributed by atoms with Crippen LogP contribution in [0.3, 0.4) is 0 Å². The molecule has 1 fully saturated rings. The standard InChI is InChI=1S/C13H15ClN2/c14-11-7-10-2-6-16-12(10)8-9(11)1-3-13(15)4-5-13/h2,6-8,16H,1,3-5,15H2. The molecule has 1 aliphatic carbocycles. The number of aromatic amines is 1. The molecule has 0 atom stereocenters. The Balaban J connectivity index is 1.87. The Kier molecular flexibility index (Phi) is 2.23. The second-order valence-corrected chi connectivity index (χ2v) is 5.28. The second-order valence-electron chi connectivity index (χ2n) is 4.87. The first kappa shape index (κ1) is 10.2. The van der Waals surface area contributed by atoms with Crippen LogP contribution in [0.1, 0.15) is 24.8 Å². The molecule has 1 aromatic carbocycles. The quantitative estimate of drug-likeness (QED) is 0.841. The van der Waals surface area contributed by atoms with Crippen molar-refractivity contribution in [3.63, 3.8) is 0 Å². The van der Waals surface area contributed by atoms with Crippen molar-refractivity contribution >= 4 is 22.5 Å². The van der Waals surface area contributed by atoms with Crippen LogP contribution in [-0.2, 0) is 6.42 Å². The second kappa shape index (κ2) is 3.51. The number of H-pyrrole nitrogens is 1. The average Bonchev–Trinajstić information content (AvgIpc) is 2.82. The molecular formula is C13H15ClN2. The molecule has 3 rings (SSSR count). The van der Waals surface area contributed by atoms with Crippen LogP contribution in [0.5, 0.6) is 0 Å². The Morgan fingerprint density at radius 2 is 2.19 bits per heavy atom. The van der Waals surface area contributed by atoms with E-state index in [-0.39, 0.29) is 5.54 Å². The van der Waals surface area contributed by atoms with Crippen LogP contribution < -0.4 is 5.73 Å². The number of hydrogen-bond donors (Lipinski definition) is 2. The Morgan fingerprint density at radius 1 is 1.38 bits per heavy atom. The lowest BCUT2D eigenvalue weighted by Gasteiger charge is -2.09. The third-order valence-corrected chi connectivity index (χ3v) is 3.86. The molecule has 1 aliphatic rings. The van der Waals surface area contributed by atoms with Crippen LogP contribution in [0.2, 0.25) is 5.02 Å². The average molecular weight is 235 g/mol. The maximum absolute atomic E-state index is 6.25. The zero-order valence-electron chi connectivity index (χ0n) is 9.09. The summed E-state index contributed by atoms with van der Waals surface area (Å²) in [5.74, 6) is 0. The Labute approximate surface area is 99.8 Å². The highest BCUT2D eigenvalue weighted by Gasteiger charge is 2.37. The van der Waals surface area contributed by atoms with Crippen LogP contribution >= 0.6 is 11.6 Å². The van der Waals surface area contributed by atoms with Gasteiger partial charge in [-0.3, -0.25) is 0 Å². The number of nitrogens with one attached hydrogen (secondary N) is 1. The predicted molar refractivity (Wildman–Crippen MR) is 67.8 cm³/mol. The number of rotatable bonds is 3. The van der Waals surface area contributed by atoms with Crippen molar-refractivity contribution in [2.45, 2.75) is 31.2 Å².